The average Bonchev–Trinajstić information content (AvgIpc) is 2.78. The summed E-state index contributed by atoms with van der Waals surface area (Å²) in [5.41, 5.74) is 9.20. The van der Waals surface area contributed by atoms with Gasteiger partial charge in [-0.05, 0) is 48.7 Å². The molecule has 2 N–H and O–H groups in total. The predicted octanol–water partition coefficient (Wildman–Crippen LogP) is 3.98. The van der Waals surface area contributed by atoms with Crippen molar-refractivity contribution in [2.45, 2.75) is 36.6 Å². The molecule has 0 fully saturated rings. The van der Waals surface area contributed by atoms with Crippen molar-refractivity contribution in [2.75, 3.05) is 7.11 Å². The molecule has 0 aromatic heterocycles. The number of aryl methyl sites for hydroxylation is 1. The van der Waals surface area contributed by atoms with Gasteiger partial charge in [0.05, 0.1) is 13.5 Å². The van der Waals surface area contributed by atoms with Crippen LogP contribution in [0.5, 0.6) is 5.75 Å². The second-order valence-electron chi connectivity index (χ2n) is 7.66. The zero-order valence-electron chi connectivity index (χ0n) is 18.1. The van der Waals surface area contributed by atoms with Gasteiger partial charge >= 0.3 is 16.1 Å². The van der Waals surface area contributed by atoms with Gasteiger partial charge in [0.1, 0.15) is 10.6 Å². The van der Waals surface area contributed by atoms with E-state index in [1.165, 1.54) is 19.2 Å². The number of nitrogens with two attached hydrogens (primary N) is 1. The highest BCUT2D eigenvalue weighted by Gasteiger charge is 2.25. The molecule has 0 heterocycles. The first kappa shape index (κ1) is 23.5. The van der Waals surface area contributed by atoms with Gasteiger partial charge in [-0.25, -0.2) is 0 Å². The molecule has 0 aliphatic heterocycles. The predicted molar refractivity (Wildman–Crippen MR) is 123 cm³/mol. The molecule has 0 bridgehead atoms. The smallest absolute Gasteiger partial charge is 0.339 e. The lowest BCUT2D eigenvalue weighted by molar-refractivity contribution is -0.141. The van der Waals surface area contributed by atoms with Gasteiger partial charge in [0, 0.05) is 12.0 Å². The number of esters is 1. The number of carbonyl (C=O) groups is 1. The molecule has 3 aromatic rings. The Morgan fingerprint density at radius 2 is 1.66 bits per heavy atom. The molecule has 0 aliphatic rings. The van der Waals surface area contributed by atoms with Gasteiger partial charge < -0.3 is 14.7 Å². The normalized spacial score (nSPS) is 13.2. The third-order valence-electron chi connectivity index (χ3n) is 5.25. The third-order valence-corrected chi connectivity index (χ3v) is 6.51. The number of rotatable bonds is 9. The van der Waals surface area contributed by atoms with Crippen LogP contribution in [0.1, 0.15) is 29.0 Å². The Balaban J connectivity index is 1.86. The molecule has 0 aliphatic carbocycles. The van der Waals surface area contributed by atoms with E-state index in [-0.39, 0.29) is 29.0 Å². The van der Waals surface area contributed by atoms with Crippen molar-refractivity contribution >= 4 is 16.1 Å². The van der Waals surface area contributed by atoms with E-state index < -0.39 is 16.1 Å². The highest BCUT2D eigenvalue weighted by atomic mass is 32.2. The van der Waals surface area contributed by atoms with E-state index in [2.05, 4.69) is 0 Å². The fourth-order valence-electron chi connectivity index (χ4n) is 3.48. The quantitative estimate of drug-likeness (QED) is 0.389. The highest BCUT2D eigenvalue weighted by Crippen LogP contribution is 2.29. The summed E-state index contributed by atoms with van der Waals surface area (Å²) in [5.74, 6) is -0.616. The molecule has 6 nitrogen and oxygen atoms in total. The molecule has 0 saturated heterocycles. The van der Waals surface area contributed by atoms with Crippen LogP contribution < -0.4 is 9.92 Å². The first-order chi connectivity index (χ1) is 15.3. The van der Waals surface area contributed by atoms with Crippen LogP contribution in [-0.2, 0) is 26.1 Å². The van der Waals surface area contributed by atoms with Crippen molar-refractivity contribution in [2.24, 2.45) is 5.73 Å². The summed E-state index contributed by atoms with van der Waals surface area (Å²) in [6.45, 7) is 1.88. The van der Waals surface area contributed by atoms with Crippen LogP contribution in [-0.4, -0.2) is 27.5 Å². The van der Waals surface area contributed by atoms with Crippen molar-refractivity contribution < 1.29 is 22.1 Å². The van der Waals surface area contributed by atoms with E-state index in [9.17, 15) is 13.2 Å². The van der Waals surface area contributed by atoms with Gasteiger partial charge in [-0.3, -0.25) is 4.79 Å². The summed E-state index contributed by atoms with van der Waals surface area (Å²) < 4.78 is 35.6. The van der Waals surface area contributed by atoms with E-state index in [0.29, 0.717) is 12.0 Å². The Bertz CT molecular complexity index is 1140. The van der Waals surface area contributed by atoms with Crippen molar-refractivity contribution in [3.63, 3.8) is 0 Å². The van der Waals surface area contributed by atoms with E-state index in [1.54, 1.807) is 30.3 Å². The van der Waals surface area contributed by atoms with Gasteiger partial charge in [-0.15, -0.1) is 0 Å². The minimum atomic E-state index is -3.99. The highest BCUT2D eigenvalue weighted by molar-refractivity contribution is 7.87. The maximum Gasteiger partial charge on any atom is 0.339 e. The topological polar surface area (TPSA) is 95.7 Å². The Morgan fingerprint density at radius 3 is 2.31 bits per heavy atom. The fourth-order valence-corrected chi connectivity index (χ4v) is 4.41. The number of ether oxygens (including phenoxy) is 1. The molecule has 7 heteroatoms. The number of hydrogen-bond donors (Lipinski definition) is 1. The summed E-state index contributed by atoms with van der Waals surface area (Å²) in [4.78, 5) is 12.1. The van der Waals surface area contributed by atoms with Crippen LogP contribution in [0.2, 0.25) is 0 Å². The molecule has 2 unspecified atom stereocenters. The van der Waals surface area contributed by atoms with Crippen molar-refractivity contribution in [1.29, 1.82) is 0 Å². The van der Waals surface area contributed by atoms with Crippen molar-refractivity contribution in [1.82, 2.24) is 0 Å². The van der Waals surface area contributed by atoms with Crippen molar-refractivity contribution in [3.05, 3.63) is 95.6 Å². The molecule has 0 saturated carbocycles. The van der Waals surface area contributed by atoms with E-state index in [1.807, 2.05) is 43.3 Å². The second kappa shape index (κ2) is 10.4. The van der Waals surface area contributed by atoms with Crippen LogP contribution in [0.4, 0.5) is 0 Å². The van der Waals surface area contributed by atoms with Crippen LogP contribution in [0, 0.1) is 6.92 Å². The van der Waals surface area contributed by atoms with Crippen molar-refractivity contribution in [3.8, 4) is 5.75 Å². The van der Waals surface area contributed by atoms with Gasteiger partial charge in [0.25, 0.3) is 0 Å². The van der Waals surface area contributed by atoms with Crippen LogP contribution >= 0.6 is 0 Å². The molecule has 0 radical (unpaired) electrons. The summed E-state index contributed by atoms with van der Waals surface area (Å²) in [7, 11) is -2.66. The molecule has 3 aromatic carbocycles. The molecular weight excluding hydrogens is 426 g/mol. The maximum absolute atomic E-state index is 12.7. The number of benzene rings is 3. The average molecular weight is 454 g/mol. The molecule has 2 atom stereocenters. The SMILES string of the molecule is COC(=O)CC(c1cccc(OS(=O)(=O)c2ccc(C)cc2)c1)C(N)Cc1ccccc1. The molecule has 32 heavy (non-hydrogen) atoms. The standard InChI is InChI=1S/C25H27NO5S/c1-18-11-13-22(14-12-18)32(28,29)31-21-10-6-9-20(16-21)23(17-25(27)30-2)24(26)15-19-7-4-3-5-8-19/h3-14,16,23-24H,15,17,26H2,1-2H3. The molecule has 168 valence electrons. The minimum Gasteiger partial charge on any atom is -0.469 e. The van der Waals surface area contributed by atoms with Crippen LogP contribution in [0.3, 0.4) is 0 Å². The number of methoxy groups -OCH3 is 1. The molecule has 0 spiro atoms. The van der Waals surface area contributed by atoms with Crippen LogP contribution in [0.25, 0.3) is 0 Å². The van der Waals surface area contributed by atoms with E-state index >= 15 is 0 Å². The third kappa shape index (κ3) is 6.18. The van der Waals surface area contributed by atoms with E-state index in [0.717, 1.165) is 11.1 Å². The lowest BCUT2D eigenvalue weighted by atomic mass is 9.85. The lowest BCUT2D eigenvalue weighted by Crippen LogP contribution is -2.32. The van der Waals surface area contributed by atoms with Gasteiger partial charge in [0.15, 0.2) is 0 Å². The van der Waals surface area contributed by atoms with Gasteiger partial charge in [-0.1, -0.05) is 60.2 Å². The second-order valence-corrected chi connectivity index (χ2v) is 9.21. The summed E-state index contributed by atoms with van der Waals surface area (Å²) >= 11 is 0. The minimum absolute atomic E-state index is 0.0681. The first-order valence-corrected chi connectivity index (χ1v) is 11.7. The van der Waals surface area contributed by atoms with E-state index in [4.69, 9.17) is 14.7 Å². The Labute approximate surface area is 189 Å². The largest absolute Gasteiger partial charge is 0.469 e. The lowest BCUT2D eigenvalue weighted by Gasteiger charge is -2.24. The number of carbonyl (C=O) groups excluding carboxylic acids is 1. The summed E-state index contributed by atoms with van der Waals surface area (Å²) in [5, 5.41) is 0. The Hall–Kier alpha value is -3.16. The molecular formula is C25H27NO5S. The van der Waals surface area contributed by atoms with Crippen LogP contribution in [0.15, 0.2) is 83.8 Å². The zero-order valence-corrected chi connectivity index (χ0v) is 18.9. The monoisotopic (exact) mass is 453 g/mol. The first-order valence-electron chi connectivity index (χ1n) is 10.3. The molecule has 0 amide bonds. The summed E-state index contributed by atoms with van der Waals surface area (Å²) in [6.07, 6.45) is 0.619. The zero-order chi connectivity index (χ0) is 23.1. The maximum atomic E-state index is 12.7. The fraction of sp³-hybridized carbons (Fsp3) is 0.240. The Kier molecular flexibility index (Phi) is 7.66. The van der Waals surface area contributed by atoms with Gasteiger partial charge in [-0.2, -0.15) is 8.42 Å². The van der Waals surface area contributed by atoms with Gasteiger partial charge in [0.2, 0.25) is 0 Å². The molecule has 3 rings (SSSR count). The summed E-state index contributed by atoms with van der Waals surface area (Å²) in [6, 6.07) is 22.5. The number of hydrogen-bond acceptors (Lipinski definition) is 6. The Morgan fingerprint density at radius 1 is 0.969 bits per heavy atom.